The molecule has 0 saturated heterocycles. The van der Waals surface area contributed by atoms with E-state index in [-0.39, 0.29) is 5.97 Å². The molecule has 0 bridgehead atoms. The molecule has 0 aromatic carbocycles. The Kier molecular flexibility index (Phi) is 4.85. The number of ether oxygens (including phenoxy) is 1. The van der Waals surface area contributed by atoms with Crippen molar-refractivity contribution in [1.29, 1.82) is 0 Å². The summed E-state index contributed by atoms with van der Waals surface area (Å²) in [7, 11) is 1.44. The molecule has 2 rings (SSSR count). The van der Waals surface area contributed by atoms with Gasteiger partial charge in [-0.2, -0.15) is 0 Å². The molecule has 110 valence electrons. The van der Waals surface area contributed by atoms with Crippen molar-refractivity contribution in [2.75, 3.05) is 20.2 Å². The largest absolute Gasteiger partial charge is 0.468 e. The highest BCUT2D eigenvalue weighted by atomic mass is 16.5. The van der Waals surface area contributed by atoms with Crippen LogP contribution in [0.2, 0.25) is 0 Å². The predicted octanol–water partition coefficient (Wildman–Crippen LogP) is 1.92. The van der Waals surface area contributed by atoms with E-state index in [1.807, 2.05) is 0 Å². The molecule has 4 heteroatoms. The summed E-state index contributed by atoms with van der Waals surface area (Å²) < 4.78 is 4.89. The van der Waals surface area contributed by atoms with Crippen LogP contribution in [0.15, 0.2) is 0 Å². The van der Waals surface area contributed by atoms with Crippen LogP contribution < -0.4 is 5.73 Å². The third-order valence-corrected chi connectivity index (χ3v) is 4.99. The van der Waals surface area contributed by atoms with E-state index in [1.165, 1.54) is 32.9 Å². The maximum absolute atomic E-state index is 11.9. The smallest absolute Gasteiger partial charge is 0.325 e. The Hall–Kier alpha value is -0.610. The second-order valence-electron chi connectivity index (χ2n) is 6.28. The number of methoxy groups -OCH3 is 1. The number of nitrogens with two attached hydrogens (primary N) is 1. The Morgan fingerprint density at radius 1 is 1.37 bits per heavy atom. The zero-order valence-electron chi connectivity index (χ0n) is 12.4. The molecule has 0 spiro atoms. The summed E-state index contributed by atoms with van der Waals surface area (Å²) in [5, 5.41) is 0. The number of esters is 1. The van der Waals surface area contributed by atoms with Gasteiger partial charge in [0.25, 0.3) is 0 Å². The van der Waals surface area contributed by atoms with Crippen molar-refractivity contribution in [3.05, 3.63) is 0 Å². The van der Waals surface area contributed by atoms with Crippen LogP contribution in [-0.4, -0.2) is 42.6 Å². The van der Waals surface area contributed by atoms with Gasteiger partial charge in [-0.3, -0.25) is 4.79 Å². The van der Waals surface area contributed by atoms with Gasteiger partial charge in [0.1, 0.15) is 5.54 Å². The first-order chi connectivity index (χ1) is 9.09. The average Bonchev–Trinajstić information content (AvgIpc) is 2.36. The molecule has 0 radical (unpaired) electrons. The highest BCUT2D eigenvalue weighted by Crippen LogP contribution is 2.33. The maximum Gasteiger partial charge on any atom is 0.325 e. The lowest BCUT2D eigenvalue weighted by atomic mass is 9.78. The minimum Gasteiger partial charge on any atom is -0.468 e. The van der Waals surface area contributed by atoms with Crippen LogP contribution in [0.1, 0.15) is 51.9 Å². The summed E-state index contributed by atoms with van der Waals surface area (Å²) in [6, 6.07) is 0.448. The lowest BCUT2D eigenvalue weighted by molar-refractivity contribution is -0.149. The molecular weight excluding hydrogens is 240 g/mol. The lowest BCUT2D eigenvalue weighted by Gasteiger charge is -2.43. The van der Waals surface area contributed by atoms with Crippen molar-refractivity contribution < 1.29 is 9.53 Å². The van der Waals surface area contributed by atoms with E-state index >= 15 is 0 Å². The molecule has 0 aromatic heterocycles. The molecule has 2 unspecified atom stereocenters. The molecule has 2 aliphatic carbocycles. The summed E-state index contributed by atoms with van der Waals surface area (Å²) >= 11 is 0. The molecule has 0 amide bonds. The fourth-order valence-electron chi connectivity index (χ4n) is 3.52. The number of hydrogen-bond acceptors (Lipinski definition) is 4. The van der Waals surface area contributed by atoms with Crippen LogP contribution in [0.25, 0.3) is 0 Å². The minimum absolute atomic E-state index is 0.239. The van der Waals surface area contributed by atoms with Gasteiger partial charge < -0.3 is 15.4 Å². The summed E-state index contributed by atoms with van der Waals surface area (Å²) in [6.07, 6.45) is 7.82. The second kappa shape index (κ2) is 6.23. The fraction of sp³-hybridized carbons (Fsp3) is 0.933. The van der Waals surface area contributed by atoms with Crippen LogP contribution in [0.3, 0.4) is 0 Å². The number of carbonyl (C=O) groups excluding carboxylic acids is 1. The van der Waals surface area contributed by atoms with Crippen LogP contribution >= 0.6 is 0 Å². The Labute approximate surface area is 116 Å². The zero-order valence-corrected chi connectivity index (χ0v) is 12.4. The van der Waals surface area contributed by atoms with Crippen LogP contribution in [-0.2, 0) is 9.53 Å². The molecule has 2 aliphatic rings. The van der Waals surface area contributed by atoms with E-state index < -0.39 is 5.54 Å². The molecular formula is C15H28N2O2. The highest BCUT2D eigenvalue weighted by molar-refractivity contribution is 5.80. The Morgan fingerprint density at radius 3 is 2.63 bits per heavy atom. The molecule has 0 heterocycles. The summed E-state index contributed by atoms with van der Waals surface area (Å²) in [4.78, 5) is 14.4. The van der Waals surface area contributed by atoms with Crippen molar-refractivity contribution >= 4 is 5.97 Å². The standard InChI is InChI=1S/C15H28N2O2/c1-3-17(11-12-6-4-7-12)13-8-5-9-15(16,10-13)14(18)19-2/h12-13H,3-11,16H2,1-2H3. The molecule has 2 fully saturated rings. The van der Waals surface area contributed by atoms with E-state index in [4.69, 9.17) is 10.5 Å². The van der Waals surface area contributed by atoms with E-state index in [1.54, 1.807) is 0 Å². The normalized spacial score (nSPS) is 32.1. The van der Waals surface area contributed by atoms with E-state index in [0.717, 1.165) is 38.1 Å². The van der Waals surface area contributed by atoms with Crippen LogP contribution in [0, 0.1) is 5.92 Å². The number of carbonyl (C=O) groups is 1. The first-order valence-corrected chi connectivity index (χ1v) is 7.70. The van der Waals surface area contributed by atoms with Crippen LogP contribution in [0.5, 0.6) is 0 Å². The van der Waals surface area contributed by atoms with E-state index in [0.29, 0.717) is 6.04 Å². The molecule has 19 heavy (non-hydrogen) atoms. The van der Waals surface area contributed by atoms with Gasteiger partial charge >= 0.3 is 5.97 Å². The van der Waals surface area contributed by atoms with Gasteiger partial charge in [-0.05, 0) is 51.0 Å². The quantitative estimate of drug-likeness (QED) is 0.774. The summed E-state index contributed by atoms with van der Waals surface area (Å²) in [5.74, 6) is 0.629. The van der Waals surface area contributed by atoms with Crippen molar-refractivity contribution in [3.63, 3.8) is 0 Å². The lowest BCUT2D eigenvalue weighted by Crippen LogP contribution is -2.56. The van der Waals surface area contributed by atoms with Gasteiger partial charge in [-0.1, -0.05) is 13.3 Å². The van der Waals surface area contributed by atoms with Gasteiger partial charge in [0, 0.05) is 12.6 Å². The third kappa shape index (κ3) is 3.29. The monoisotopic (exact) mass is 268 g/mol. The fourth-order valence-corrected chi connectivity index (χ4v) is 3.52. The topological polar surface area (TPSA) is 55.6 Å². The Balaban J connectivity index is 1.96. The molecule has 2 N–H and O–H groups in total. The molecule has 4 nitrogen and oxygen atoms in total. The average molecular weight is 268 g/mol. The SMILES string of the molecule is CCN(CC1CCC1)C1CCCC(N)(C(=O)OC)C1. The first kappa shape index (κ1) is 14.8. The minimum atomic E-state index is -0.759. The van der Waals surface area contributed by atoms with E-state index in [2.05, 4.69) is 11.8 Å². The van der Waals surface area contributed by atoms with Crippen molar-refractivity contribution in [2.24, 2.45) is 11.7 Å². The molecule has 0 aromatic rings. The highest BCUT2D eigenvalue weighted by Gasteiger charge is 2.42. The van der Waals surface area contributed by atoms with Crippen molar-refractivity contribution in [3.8, 4) is 0 Å². The van der Waals surface area contributed by atoms with Crippen molar-refractivity contribution in [1.82, 2.24) is 4.90 Å². The number of rotatable bonds is 5. The molecule has 2 atom stereocenters. The van der Waals surface area contributed by atoms with Crippen LogP contribution in [0.4, 0.5) is 0 Å². The van der Waals surface area contributed by atoms with E-state index in [9.17, 15) is 4.79 Å². The Bertz CT molecular complexity index is 317. The van der Waals surface area contributed by atoms with Gasteiger partial charge in [0.15, 0.2) is 0 Å². The van der Waals surface area contributed by atoms with Gasteiger partial charge in [0.2, 0.25) is 0 Å². The summed E-state index contributed by atoms with van der Waals surface area (Å²) in [5.41, 5.74) is 5.51. The predicted molar refractivity (Wildman–Crippen MR) is 75.8 cm³/mol. The van der Waals surface area contributed by atoms with Gasteiger partial charge in [-0.25, -0.2) is 0 Å². The van der Waals surface area contributed by atoms with Gasteiger partial charge in [0.05, 0.1) is 7.11 Å². The number of nitrogens with zero attached hydrogens (tertiary/aromatic N) is 1. The van der Waals surface area contributed by atoms with Crippen molar-refractivity contribution in [2.45, 2.75) is 63.5 Å². The summed E-state index contributed by atoms with van der Waals surface area (Å²) in [6.45, 7) is 4.44. The van der Waals surface area contributed by atoms with Gasteiger partial charge in [-0.15, -0.1) is 0 Å². The maximum atomic E-state index is 11.9. The second-order valence-corrected chi connectivity index (χ2v) is 6.28. The molecule has 0 aliphatic heterocycles. The zero-order chi connectivity index (χ0) is 13.9. The Morgan fingerprint density at radius 2 is 2.11 bits per heavy atom. The first-order valence-electron chi connectivity index (χ1n) is 7.70. The molecule has 2 saturated carbocycles. The number of hydrogen-bond donors (Lipinski definition) is 1. The third-order valence-electron chi connectivity index (χ3n) is 4.99.